The van der Waals surface area contributed by atoms with Crippen LogP contribution in [0.1, 0.15) is 23.2 Å². The van der Waals surface area contributed by atoms with Crippen molar-refractivity contribution in [3.8, 4) is 17.0 Å². The molecule has 1 aliphatic carbocycles. The number of benzene rings is 1. The normalized spacial score (nSPS) is 13.5. The number of phenolic OH excluding ortho intramolecular Hbond substituents is 1. The van der Waals surface area contributed by atoms with Crippen LogP contribution in [0.5, 0.6) is 5.75 Å². The van der Waals surface area contributed by atoms with Crippen molar-refractivity contribution in [3.05, 3.63) is 42.0 Å². The number of nitrogens with one attached hydrogen (secondary N) is 2. The van der Waals surface area contributed by atoms with Gasteiger partial charge >= 0.3 is 0 Å². The Labute approximate surface area is 147 Å². The number of amides is 1. The van der Waals surface area contributed by atoms with Crippen LogP contribution < -0.4 is 10.6 Å². The Morgan fingerprint density at radius 3 is 2.88 bits per heavy atom. The Morgan fingerprint density at radius 1 is 1.32 bits per heavy atom. The molecule has 1 aliphatic rings. The van der Waals surface area contributed by atoms with Gasteiger partial charge < -0.3 is 20.5 Å². The van der Waals surface area contributed by atoms with E-state index < -0.39 is 0 Å². The summed E-state index contributed by atoms with van der Waals surface area (Å²) in [6.07, 6.45) is 2.43. The fourth-order valence-corrected chi connectivity index (χ4v) is 2.53. The molecule has 1 heterocycles. The number of phenols is 1. The minimum absolute atomic E-state index is 0.176. The van der Waals surface area contributed by atoms with Crippen LogP contribution in [0.15, 0.2) is 36.4 Å². The number of aromatic hydroxyl groups is 1. The van der Waals surface area contributed by atoms with E-state index in [1.165, 1.54) is 12.8 Å². The lowest BCUT2D eigenvalue weighted by molar-refractivity contribution is 0.0937. The van der Waals surface area contributed by atoms with Crippen molar-refractivity contribution in [2.75, 3.05) is 32.1 Å². The van der Waals surface area contributed by atoms with Gasteiger partial charge in [0.2, 0.25) is 0 Å². The van der Waals surface area contributed by atoms with Crippen molar-refractivity contribution in [3.63, 3.8) is 0 Å². The van der Waals surface area contributed by atoms with Gasteiger partial charge in [-0.3, -0.25) is 4.79 Å². The van der Waals surface area contributed by atoms with Gasteiger partial charge in [0.25, 0.3) is 5.91 Å². The molecular weight excluding hydrogens is 318 g/mol. The van der Waals surface area contributed by atoms with Crippen molar-refractivity contribution >= 4 is 11.7 Å². The Bertz CT molecular complexity index is 744. The number of carbonyl (C=O) groups is 1. The number of aromatic nitrogens is 1. The van der Waals surface area contributed by atoms with Crippen LogP contribution in [0.3, 0.4) is 0 Å². The highest BCUT2D eigenvalue weighted by molar-refractivity contribution is 5.99. The van der Waals surface area contributed by atoms with Crippen molar-refractivity contribution in [1.29, 1.82) is 0 Å². The van der Waals surface area contributed by atoms with Gasteiger partial charge in [-0.05, 0) is 43.0 Å². The van der Waals surface area contributed by atoms with E-state index in [2.05, 4.69) is 15.6 Å². The summed E-state index contributed by atoms with van der Waals surface area (Å²) in [6.45, 7) is 1.73. The Morgan fingerprint density at radius 2 is 2.16 bits per heavy atom. The van der Waals surface area contributed by atoms with Gasteiger partial charge in [-0.1, -0.05) is 12.1 Å². The van der Waals surface area contributed by atoms with Crippen LogP contribution in [0.25, 0.3) is 11.3 Å². The molecule has 2 aromatic rings. The number of anilines is 1. The van der Waals surface area contributed by atoms with Crippen molar-refractivity contribution < 1.29 is 14.6 Å². The quantitative estimate of drug-likeness (QED) is 0.643. The summed E-state index contributed by atoms with van der Waals surface area (Å²) in [5.41, 5.74) is 2.03. The summed E-state index contributed by atoms with van der Waals surface area (Å²) in [4.78, 5) is 17.0. The molecule has 0 radical (unpaired) electrons. The van der Waals surface area contributed by atoms with Crippen molar-refractivity contribution in [1.82, 2.24) is 10.3 Å². The summed E-state index contributed by atoms with van der Waals surface area (Å²) in [6, 6.07) is 10.5. The fourth-order valence-electron chi connectivity index (χ4n) is 2.53. The molecule has 0 saturated heterocycles. The Balaban J connectivity index is 1.84. The van der Waals surface area contributed by atoms with Gasteiger partial charge in [-0.2, -0.15) is 0 Å². The van der Waals surface area contributed by atoms with Crippen molar-refractivity contribution in [2.45, 2.75) is 12.8 Å². The first-order chi connectivity index (χ1) is 12.2. The van der Waals surface area contributed by atoms with Gasteiger partial charge in [0.15, 0.2) is 0 Å². The highest BCUT2D eigenvalue weighted by atomic mass is 16.5. The first-order valence-corrected chi connectivity index (χ1v) is 8.49. The average molecular weight is 341 g/mol. The Kier molecular flexibility index (Phi) is 5.50. The number of ether oxygens (including phenoxy) is 1. The van der Waals surface area contributed by atoms with Crippen molar-refractivity contribution in [2.24, 2.45) is 5.92 Å². The molecule has 0 bridgehead atoms. The zero-order valence-electron chi connectivity index (χ0n) is 14.3. The van der Waals surface area contributed by atoms with Gasteiger partial charge in [0.05, 0.1) is 17.9 Å². The van der Waals surface area contributed by atoms with E-state index in [9.17, 15) is 9.90 Å². The maximum absolute atomic E-state index is 12.4. The van der Waals surface area contributed by atoms with E-state index in [0.29, 0.717) is 36.1 Å². The number of carbonyl (C=O) groups excluding carboxylic acids is 1. The molecule has 0 atom stereocenters. The molecule has 3 N–H and O–H groups in total. The lowest BCUT2D eigenvalue weighted by atomic mass is 10.1. The van der Waals surface area contributed by atoms with Crippen LogP contribution >= 0.6 is 0 Å². The molecule has 1 fully saturated rings. The third-order valence-corrected chi connectivity index (χ3v) is 4.13. The molecule has 6 heteroatoms. The molecule has 1 aromatic carbocycles. The van der Waals surface area contributed by atoms with Gasteiger partial charge in [-0.15, -0.1) is 0 Å². The second-order valence-corrected chi connectivity index (χ2v) is 6.22. The smallest absolute Gasteiger partial charge is 0.255 e. The van der Waals surface area contributed by atoms with E-state index in [0.717, 1.165) is 12.1 Å². The topological polar surface area (TPSA) is 83.5 Å². The average Bonchev–Trinajstić information content (AvgIpc) is 3.44. The third-order valence-electron chi connectivity index (χ3n) is 4.13. The van der Waals surface area contributed by atoms with Gasteiger partial charge in [0.1, 0.15) is 11.6 Å². The van der Waals surface area contributed by atoms with E-state index in [4.69, 9.17) is 4.74 Å². The SMILES string of the molecule is COCCNC(=O)c1ccc(-c2cccc(O)c2)nc1NCC1CC1. The first kappa shape index (κ1) is 17.2. The third kappa shape index (κ3) is 4.70. The molecule has 0 unspecified atom stereocenters. The van der Waals surface area contributed by atoms with Gasteiger partial charge in [-0.25, -0.2) is 4.98 Å². The number of pyridine rings is 1. The van der Waals surface area contributed by atoms with Crippen LogP contribution in [0.2, 0.25) is 0 Å². The summed E-state index contributed by atoms with van der Waals surface area (Å²) in [5.74, 6) is 1.25. The van der Waals surface area contributed by atoms with E-state index in [1.54, 1.807) is 37.4 Å². The van der Waals surface area contributed by atoms with Crippen LogP contribution in [0, 0.1) is 5.92 Å². The molecule has 1 aromatic heterocycles. The number of rotatable bonds is 8. The zero-order valence-corrected chi connectivity index (χ0v) is 14.3. The summed E-state index contributed by atoms with van der Waals surface area (Å²) >= 11 is 0. The summed E-state index contributed by atoms with van der Waals surface area (Å²) in [7, 11) is 1.60. The number of hydrogen-bond donors (Lipinski definition) is 3. The largest absolute Gasteiger partial charge is 0.508 e. The lowest BCUT2D eigenvalue weighted by Crippen LogP contribution is -2.28. The van der Waals surface area contributed by atoms with Crippen LogP contribution in [0.4, 0.5) is 5.82 Å². The fraction of sp³-hybridized carbons (Fsp3) is 0.368. The molecule has 3 rings (SSSR count). The number of nitrogens with zero attached hydrogens (tertiary/aromatic N) is 1. The highest BCUT2D eigenvalue weighted by Crippen LogP contribution is 2.30. The first-order valence-electron chi connectivity index (χ1n) is 8.49. The van der Waals surface area contributed by atoms with E-state index >= 15 is 0 Å². The molecule has 0 aliphatic heterocycles. The van der Waals surface area contributed by atoms with Crippen LogP contribution in [-0.4, -0.2) is 42.8 Å². The predicted molar refractivity (Wildman–Crippen MR) is 96.8 cm³/mol. The maximum Gasteiger partial charge on any atom is 0.255 e. The summed E-state index contributed by atoms with van der Waals surface area (Å²) < 4.78 is 4.96. The molecule has 6 nitrogen and oxygen atoms in total. The van der Waals surface area contributed by atoms with Crippen LogP contribution in [-0.2, 0) is 4.74 Å². The van der Waals surface area contributed by atoms with E-state index in [-0.39, 0.29) is 11.7 Å². The lowest BCUT2D eigenvalue weighted by Gasteiger charge is -2.13. The maximum atomic E-state index is 12.4. The molecule has 25 heavy (non-hydrogen) atoms. The van der Waals surface area contributed by atoms with Gasteiger partial charge in [0, 0.05) is 25.8 Å². The summed E-state index contributed by atoms with van der Waals surface area (Å²) in [5, 5.41) is 15.8. The minimum atomic E-state index is -0.176. The minimum Gasteiger partial charge on any atom is -0.508 e. The molecular formula is C19H23N3O3. The molecule has 0 spiro atoms. The second-order valence-electron chi connectivity index (χ2n) is 6.22. The number of methoxy groups -OCH3 is 1. The Hall–Kier alpha value is -2.60. The monoisotopic (exact) mass is 341 g/mol. The highest BCUT2D eigenvalue weighted by Gasteiger charge is 2.22. The predicted octanol–water partition coefficient (Wildman–Crippen LogP) is 2.65. The molecule has 132 valence electrons. The standard InChI is InChI=1S/C19H23N3O3/c1-25-10-9-20-19(24)16-7-8-17(14-3-2-4-15(23)11-14)22-18(16)21-12-13-5-6-13/h2-4,7-8,11,13,23H,5-6,9-10,12H2,1H3,(H,20,24)(H,21,22). The second kappa shape index (κ2) is 7.98. The number of hydrogen-bond acceptors (Lipinski definition) is 5. The molecule has 1 saturated carbocycles. The zero-order chi connectivity index (χ0) is 17.6. The van der Waals surface area contributed by atoms with E-state index in [1.807, 2.05) is 6.07 Å². The molecule has 1 amide bonds.